The maximum absolute atomic E-state index is 10.1. The van der Waals surface area contributed by atoms with Gasteiger partial charge in [-0.05, 0) is 0 Å². The molecule has 0 aliphatic heterocycles. The van der Waals surface area contributed by atoms with Crippen LogP contribution in [0.1, 0.15) is 0 Å². The van der Waals surface area contributed by atoms with Crippen LogP contribution in [0.3, 0.4) is 0 Å². The van der Waals surface area contributed by atoms with Crippen molar-refractivity contribution in [3.63, 3.8) is 0 Å². The molecule has 0 rings (SSSR count). The molecule has 0 aliphatic rings. The number of rotatable bonds is 3. The van der Waals surface area contributed by atoms with Crippen molar-refractivity contribution < 1.29 is 75.0 Å². The predicted molar refractivity (Wildman–Crippen MR) is 25.1 cm³/mol. The molecule has 4 nitrogen and oxygen atoms in total. The molecular formula is C4H5NO3VW2-2. The fraction of sp³-hybridized carbons (Fsp3) is 0.250. The van der Waals surface area contributed by atoms with E-state index >= 15 is 0 Å². The second-order valence-electron chi connectivity index (χ2n) is 0.933. The van der Waals surface area contributed by atoms with E-state index < -0.39 is 5.91 Å². The van der Waals surface area contributed by atoms with Gasteiger partial charge in [0.25, 0.3) is 0 Å². The quantitative estimate of drug-likeness (QED) is 0.473. The minimum atomic E-state index is -0.464. The van der Waals surface area contributed by atoms with Crippen molar-refractivity contribution in [2.75, 3.05) is 7.05 Å². The summed E-state index contributed by atoms with van der Waals surface area (Å²) < 4.78 is 3.84. The molecule has 63 valence electrons. The number of likely N-dealkylation sites (N-methyl/N-ethyl adjacent to an activating group) is 1. The number of amides is 1. The Morgan fingerprint density at radius 2 is 2.00 bits per heavy atom. The van der Waals surface area contributed by atoms with E-state index in [1.807, 2.05) is 0 Å². The summed E-state index contributed by atoms with van der Waals surface area (Å²) in [5.74, 6) is -0.464. The summed E-state index contributed by atoms with van der Waals surface area (Å²) in [7, 11) is 1.42. The first-order valence-corrected chi connectivity index (χ1v) is 1.89. The Labute approximate surface area is 106 Å². The van der Waals surface area contributed by atoms with Gasteiger partial charge in [0.1, 0.15) is 5.91 Å². The number of hydrogen-bond donors (Lipinski definition) is 1. The zero-order chi connectivity index (χ0) is 6.41. The van der Waals surface area contributed by atoms with Crippen molar-refractivity contribution in [2.24, 2.45) is 0 Å². The molecule has 0 bridgehead atoms. The molecular weight excluding hydrogens is 529 g/mol. The Balaban J connectivity index is -0.0000000817. The predicted octanol–water partition coefficient (Wildman–Crippen LogP) is -1.03. The van der Waals surface area contributed by atoms with E-state index in [9.17, 15) is 9.59 Å². The van der Waals surface area contributed by atoms with Gasteiger partial charge in [0.15, 0.2) is 0 Å². The number of carbonyl (C=O) groups is 1. The first kappa shape index (κ1) is 22.6. The van der Waals surface area contributed by atoms with Crippen LogP contribution in [0.4, 0.5) is 0 Å². The minimum absolute atomic E-state index is 0. The van der Waals surface area contributed by atoms with Crippen LogP contribution < -0.4 is 5.32 Å². The van der Waals surface area contributed by atoms with E-state index in [2.05, 4.69) is 10.1 Å². The van der Waals surface area contributed by atoms with Crippen molar-refractivity contribution in [1.82, 2.24) is 5.32 Å². The monoisotopic (exact) mass is 534 g/mol. The van der Waals surface area contributed by atoms with Crippen LogP contribution in [-0.2, 0) is 75.0 Å². The summed E-state index contributed by atoms with van der Waals surface area (Å²) in [6, 6.07) is 0. The van der Waals surface area contributed by atoms with Crippen LogP contribution in [0.2, 0.25) is 0 Å². The summed E-state index contributed by atoms with van der Waals surface area (Å²) in [5, 5.41) is 2.20. The molecule has 0 aromatic heterocycles. The van der Waals surface area contributed by atoms with Crippen LogP contribution in [0.15, 0.2) is 0 Å². The molecule has 11 heavy (non-hydrogen) atoms. The Morgan fingerprint density at radius 1 is 1.55 bits per heavy atom. The van der Waals surface area contributed by atoms with Gasteiger partial charge < -0.3 is 19.6 Å². The zero-order valence-electron chi connectivity index (χ0n) is 5.57. The molecule has 0 saturated heterocycles. The van der Waals surface area contributed by atoms with Crippen LogP contribution >= 0.6 is 0 Å². The molecule has 0 aliphatic carbocycles. The van der Waals surface area contributed by atoms with Crippen LogP contribution in [-0.4, -0.2) is 19.4 Å². The van der Waals surface area contributed by atoms with E-state index in [1.54, 1.807) is 0 Å². The SMILES string of the molecule is CNC(=O)[CH-]O[C-]=O.[V].[W].[W]. The van der Waals surface area contributed by atoms with Gasteiger partial charge in [-0.25, -0.2) is 0 Å². The van der Waals surface area contributed by atoms with Gasteiger partial charge in [-0.2, -0.15) is 6.61 Å². The molecule has 7 heteroatoms. The van der Waals surface area contributed by atoms with Crippen LogP contribution in [0.25, 0.3) is 0 Å². The summed E-state index contributed by atoms with van der Waals surface area (Å²) in [5.41, 5.74) is 0. The molecule has 1 radical (unpaired) electrons. The summed E-state index contributed by atoms with van der Waals surface area (Å²) in [6.45, 7) is 1.80. The third-order valence-corrected chi connectivity index (χ3v) is 0.460. The van der Waals surface area contributed by atoms with Gasteiger partial charge in [-0.1, -0.05) is 0 Å². The number of ether oxygens (including phenoxy) is 1. The Kier molecular flexibility index (Phi) is 35.0. The number of carbonyl (C=O) groups excluding carboxylic acids is 2. The molecule has 0 aromatic carbocycles. The van der Waals surface area contributed by atoms with Crippen molar-refractivity contribution >= 4 is 12.4 Å². The van der Waals surface area contributed by atoms with Crippen molar-refractivity contribution in [3.8, 4) is 0 Å². The van der Waals surface area contributed by atoms with Gasteiger partial charge in [0, 0.05) is 67.7 Å². The molecule has 1 N–H and O–H groups in total. The molecule has 0 heterocycles. The molecule has 1 amide bonds. The largest absolute Gasteiger partial charge is 0.790 e. The van der Waals surface area contributed by atoms with E-state index in [1.165, 1.54) is 7.05 Å². The van der Waals surface area contributed by atoms with Gasteiger partial charge in [0.05, 0.1) is 0 Å². The molecule has 0 saturated carbocycles. The third kappa shape index (κ3) is 18.1. The number of hydrogen-bond acceptors (Lipinski definition) is 3. The van der Waals surface area contributed by atoms with E-state index in [-0.39, 0.29) is 60.7 Å². The first-order valence-electron chi connectivity index (χ1n) is 1.89. The van der Waals surface area contributed by atoms with Crippen molar-refractivity contribution in [1.29, 1.82) is 0 Å². The second kappa shape index (κ2) is 17.0. The smallest absolute Gasteiger partial charge is 0.113 e. The normalized spacial score (nSPS) is 5.18. The first-order chi connectivity index (χ1) is 3.81. The Bertz CT molecular complexity index is 103. The summed E-state index contributed by atoms with van der Waals surface area (Å²) in [4.78, 5) is 19.4. The van der Waals surface area contributed by atoms with E-state index in [0.717, 1.165) is 13.1 Å². The molecule has 0 spiro atoms. The minimum Gasteiger partial charge on any atom is -0.790 e. The van der Waals surface area contributed by atoms with Gasteiger partial charge in [0.2, 0.25) is 0 Å². The number of nitrogens with one attached hydrogen (secondary N) is 1. The van der Waals surface area contributed by atoms with Gasteiger partial charge in [-0.15, -0.1) is 6.47 Å². The van der Waals surface area contributed by atoms with Crippen LogP contribution in [0, 0.1) is 6.61 Å². The average molecular weight is 534 g/mol. The topological polar surface area (TPSA) is 55.4 Å². The Hall–Kier alpha value is 0.771. The molecule has 0 aromatic rings. The molecule has 0 atom stereocenters. The average Bonchev–Trinajstić information content (AvgIpc) is 1.83. The fourth-order valence-electron chi connectivity index (χ4n) is 0.137. The van der Waals surface area contributed by atoms with Gasteiger partial charge >= 0.3 is 0 Å². The zero-order valence-corrected chi connectivity index (χ0v) is 12.8. The van der Waals surface area contributed by atoms with E-state index in [4.69, 9.17) is 0 Å². The van der Waals surface area contributed by atoms with Gasteiger partial charge in [-0.3, -0.25) is 0 Å². The van der Waals surface area contributed by atoms with E-state index in [0.29, 0.717) is 0 Å². The summed E-state index contributed by atoms with van der Waals surface area (Å²) >= 11 is 0. The molecule has 0 unspecified atom stereocenters. The standard InChI is InChI=1S/C4H5NO3.V.2W/c1-5-4(7)2-8-3-6;;;/h2H,1H3,(H,5,7);;;/q-2;;;. The van der Waals surface area contributed by atoms with Crippen molar-refractivity contribution in [2.45, 2.75) is 0 Å². The third-order valence-electron chi connectivity index (χ3n) is 0.460. The summed E-state index contributed by atoms with van der Waals surface area (Å²) in [6.07, 6.45) is 0. The molecule has 0 fully saturated rings. The second-order valence-corrected chi connectivity index (χ2v) is 0.933. The Morgan fingerprint density at radius 3 is 2.27 bits per heavy atom. The van der Waals surface area contributed by atoms with Crippen LogP contribution in [0.5, 0.6) is 0 Å². The maximum atomic E-state index is 10.1. The van der Waals surface area contributed by atoms with Crippen molar-refractivity contribution in [3.05, 3.63) is 6.61 Å². The maximum Gasteiger partial charge on any atom is 0.113 e. The fourth-order valence-corrected chi connectivity index (χ4v) is 0.137.